The zero-order chi connectivity index (χ0) is 37.4. The molecule has 1 saturated heterocycles. The zero-order valence-electron chi connectivity index (χ0n) is 29.4. The fourth-order valence-corrected chi connectivity index (χ4v) is 10.3. The van der Waals surface area contributed by atoms with Crippen LogP contribution in [0.3, 0.4) is 0 Å². The average Bonchev–Trinajstić information content (AvgIpc) is 3.54. The van der Waals surface area contributed by atoms with E-state index in [0.29, 0.717) is 16.9 Å². The van der Waals surface area contributed by atoms with Gasteiger partial charge in [-0.25, -0.2) is 0 Å². The van der Waals surface area contributed by atoms with Gasteiger partial charge in [0.25, 0.3) is 17.2 Å². The number of carbonyl (C=O) groups is 2. The number of ether oxygens (including phenoxy) is 2. The van der Waals surface area contributed by atoms with E-state index in [-0.39, 0.29) is 61.1 Å². The lowest BCUT2D eigenvalue weighted by Crippen LogP contribution is -2.45. The number of aromatic nitrogens is 1. The molecule has 6 rings (SSSR count). The van der Waals surface area contributed by atoms with Crippen molar-refractivity contribution in [3.8, 4) is 11.4 Å². The van der Waals surface area contributed by atoms with Crippen LogP contribution in [0.2, 0.25) is 18.6 Å². The highest BCUT2D eigenvalue weighted by molar-refractivity contribution is 6.72. The largest absolute Gasteiger partial charge is 0.491 e. The van der Waals surface area contributed by atoms with Gasteiger partial charge in [-0.05, 0) is 54.6 Å². The van der Waals surface area contributed by atoms with E-state index in [0.717, 1.165) is 5.56 Å². The molecular formula is C38H41FN4O8Si. The molecule has 2 aliphatic heterocycles. The van der Waals surface area contributed by atoms with Crippen LogP contribution >= 0.6 is 0 Å². The molecule has 3 heterocycles. The molecule has 4 atom stereocenters. The van der Waals surface area contributed by atoms with Crippen LogP contribution in [0.15, 0.2) is 95.9 Å². The van der Waals surface area contributed by atoms with E-state index in [9.17, 15) is 29.6 Å². The molecule has 3 aromatic carbocycles. The van der Waals surface area contributed by atoms with Gasteiger partial charge in [-0.15, -0.1) is 0 Å². The number of fused-ring (bicyclic) bond motifs is 2. The first-order chi connectivity index (χ1) is 24.8. The first-order valence-electron chi connectivity index (χ1n) is 17.0. The summed E-state index contributed by atoms with van der Waals surface area (Å²) in [7, 11) is -2.26. The lowest BCUT2D eigenvalue weighted by molar-refractivity contribution is -0.385. The minimum Gasteiger partial charge on any atom is -0.491 e. The third-order valence-corrected chi connectivity index (χ3v) is 12.6. The third-order valence-electron chi connectivity index (χ3n) is 10.1. The van der Waals surface area contributed by atoms with Crippen molar-refractivity contribution in [1.82, 2.24) is 9.47 Å². The number of nitro benzene ring substituents is 1. The van der Waals surface area contributed by atoms with Crippen molar-refractivity contribution < 1.29 is 33.2 Å². The second-order valence-electron chi connectivity index (χ2n) is 13.8. The molecule has 0 bridgehead atoms. The molecule has 1 aromatic heterocycles. The van der Waals surface area contributed by atoms with Gasteiger partial charge in [0.1, 0.15) is 0 Å². The molecule has 272 valence electrons. The molecular weight excluding hydrogens is 688 g/mol. The van der Waals surface area contributed by atoms with E-state index in [1.807, 2.05) is 30.3 Å². The number of anilines is 1. The van der Waals surface area contributed by atoms with Crippen LogP contribution in [0.1, 0.15) is 30.0 Å². The molecule has 0 saturated carbocycles. The Bertz CT molecular complexity index is 2050. The maximum atomic E-state index is 16.4. The smallest absolute Gasteiger partial charge is 0.297 e. The Morgan fingerprint density at radius 1 is 1.06 bits per heavy atom. The normalized spacial score (nSPS) is 21.0. The number of pyridine rings is 1. The first kappa shape index (κ1) is 36.6. The predicted octanol–water partition coefficient (Wildman–Crippen LogP) is 5.49. The summed E-state index contributed by atoms with van der Waals surface area (Å²) < 4.78 is 29.8. The van der Waals surface area contributed by atoms with Gasteiger partial charge in [0.05, 0.1) is 43.4 Å². The molecule has 0 unspecified atom stereocenters. The molecule has 14 heteroatoms. The van der Waals surface area contributed by atoms with E-state index in [2.05, 4.69) is 0 Å². The molecule has 1 fully saturated rings. The quantitative estimate of drug-likeness (QED) is 0.0874. The summed E-state index contributed by atoms with van der Waals surface area (Å²) in [4.78, 5) is 56.2. The summed E-state index contributed by atoms with van der Waals surface area (Å²) in [6.45, 7) is 4.75. The number of aliphatic hydroxyl groups excluding tert-OH is 1. The number of non-ortho nitro benzene ring substituents is 1. The van der Waals surface area contributed by atoms with E-state index in [4.69, 9.17) is 9.47 Å². The topological polar surface area (TPSA) is 144 Å². The third kappa shape index (κ3) is 6.64. The fraction of sp³-hybridized carbons (Fsp3) is 0.342. The van der Waals surface area contributed by atoms with Crippen molar-refractivity contribution in [2.45, 2.75) is 56.8 Å². The molecule has 52 heavy (non-hydrogen) atoms. The summed E-state index contributed by atoms with van der Waals surface area (Å²) in [5.74, 6) is -1.53. The number of nitrogens with zero attached hydrogens (tertiary/aromatic N) is 4. The Hall–Kier alpha value is -5.18. The van der Waals surface area contributed by atoms with Crippen LogP contribution < -0.4 is 15.2 Å². The minimum absolute atomic E-state index is 0.0140. The van der Waals surface area contributed by atoms with Crippen molar-refractivity contribution in [2.75, 3.05) is 25.2 Å². The van der Waals surface area contributed by atoms with Gasteiger partial charge in [0.2, 0.25) is 14.3 Å². The van der Waals surface area contributed by atoms with Crippen molar-refractivity contribution >= 4 is 31.6 Å². The van der Waals surface area contributed by atoms with Gasteiger partial charge in [0.15, 0.2) is 11.4 Å². The highest BCUT2D eigenvalue weighted by atomic mass is 28.4. The number of hydrogen-bond acceptors (Lipinski definition) is 8. The molecule has 12 nitrogen and oxygen atoms in total. The van der Waals surface area contributed by atoms with Gasteiger partial charge in [-0.2, -0.15) is 0 Å². The summed E-state index contributed by atoms with van der Waals surface area (Å²) >= 11 is 0. The molecule has 1 N–H and O–H groups in total. The fourth-order valence-electron chi connectivity index (χ4n) is 7.84. The Morgan fingerprint density at radius 2 is 1.79 bits per heavy atom. The molecule has 0 radical (unpaired) electrons. The Balaban J connectivity index is 1.38. The van der Waals surface area contributed by atoms with Crippen LogP contribution in [0.4, 0.5) is 15.5 Å². The Labute approximate surface area is 301 Å². The Kier molecular flexibility index (Phi) is 10.2. The summed E-state index contributed by atoms with van der Waals surface area (Å²) in [5, 5.41) is 21.8. The second-order valence-corrected chi connectivity index (χ2v) is 17.6. The predicted molar refractivity (Wildman–Crippen MR) is 194 cm³/mol. The number of methoxy groups -OCH3 is 1. The van der Waals surface area contributed by atoms with E-state index in [1.54, 1.807) is 49.5 Å². The van der Waals surface area contributed by atoms with E-state index in [1.165, 1.54) is 52.8 Å². The molecule has 1 spiro atoms. The average molecular weight is 729 g/mol. The molecule has 2 amide bonds. The monoisotopic (exact) mass is 728 g/mol. The number of nitro groups is 1. The number of carbonyl (C=O) groups excluding carboxylic acids is 2. The van der Waals surface area contributed by atoms with Gasteiger partial charge < -0.3 is 28.5 Å². The number of aliphatic hydroxyl groups is 1. The van der Waals surface area contributed by atoms with Gasteiger partial charge in [-0.3, -0.25) is 29.1 Å². The number of hydrogen-bond donors (Lipinski definition) is 1. The number of halogens is 1. The van der Waals surface area contributed by atoms with Crippen molar-refractivity contribution in [3.05, 3.63) is 128 Å². The highest BCUT2D eigenvalue weighted by Crippen LogP contribution is 2.60. The van der Waals surface area contributed by atoms with Gasteiger partial charge >= 0.3 is 0 Å². The summed E-state index contributed by atoms with van der Waals surface area (Å²) in [6, 6.07) is 23.7. The van der Waals surface area contributed by atoms with Crippen LogP contribution in [0, 0.1) is 16.0 Å². The number of amides is 2. The van der Waals surface area contributed by atoms with E-state index >= 15 is 4.11 Å². The molecule has 0 aliphatic carbocycles. The molecule has 2 aliphatic rings. The lowest BCUT2D eigenvalue weighted by atomic mass is 9.82. The minimum atomic E-state index is -3.67. The second kappa shape index (κ2) is 14.4. The summed E-state index contributed by atoms with van der Waals surface area (Å²) in [6.07, 6.45) is 0.331. The SMILES string of the molecule is COc1cccn(-c2cccc(CN3C(=O)[C@]4(O[C@H](CC(=O)N(CCO)Cc5ccccc5)[C@@H]([Si](C)(C)F)[C@@H]4C)c4cc([N+](=O)[O-])ccc43)c2)c1=O. The zero-order valence-corrected chi connectivity index (χ0v) is 30.4. The first-order valence-corrected chi connectivity index (χ1v) is 20.0. The number of benzene rings is 3. The van der Waals surface area contributed by atoms with Gasteiger partial charge in [-0.1, -0.05) is 49.4 Å². The maximum Gasteiger partial charge on any atom is 0.297 e. The van der Waals surface area contributed by atoms with Crippen molar-refractivity contribution in [1.29, 1.82) is 0 Å². The van der Waals surface area contributed by atoms with Crippen LogP contribution in [-0.4, -0.2) is 66.1 Å². The van der Waals surface area contributed by atoms with Crippen LogP contribution in [-0.2, 0) is 33.0 Å². The summed E-state index contributed by atoms with van der Waals surface area (Å²) in [5.41, 5.74) is -0.612. The lowest BCUT2D eigenvalue weighted by Gasteiger charge is -2.31. The maximum absolute atomic E-state index is 16.4. The highest BCUT2D eigenvalue weighted by Gasteiger charge is 2.67. The van der Waals surface area contributed by atoms with Crippen LogP contribution in [0.25, 0.3) is 5.69 Å². The van der Waals surface area contributed by atoms with E-state index < -0.39 is 42.4 Å². The van der Waals surface area contributed by atoms with Crippen LogP contribution in [0.5, 0.6) is 5.75 Å². The van der Waals surface area contributed by atoms with Crippen molar-refractivity contribution in [3.63, 3.8) is 0 Å². The van der Waals surface area contributed by atoms with Crippen molar-refractivity contribution in [2.24, 2.45) is 5.92 Å². The Morgan fingerprint density at radius 3 is 2.46 bits per heavy atom. The standard InChI is InChI=1S/C38H41FN4O8Si/c1-25-35(52(3,4)39)33(22-34(45)40(18-19-44)23-26-10-6-5-7-11-26)51-38(25)30-21-29(43(48)49)15-16-31(30)42(37(38)47)24-27-12-8-13-28(20-27)41-17-9-14-32(50-2)36(41)46/h5-17,20-21,25,33,35,44H,18-19,22-24H2,1-4H3/t25-,33+,35-,38+/m0/s1. The molecule has 4 aromatic rings. The van der Waals surface area contributed by atoms with Gasteiger partial charge in [0, 0.05) is 54.1 Å². The number of rotatable bonds is 12.